The standard InChI is InChI=1S/C10H15NO.ClH/c1-8-5-9(2)7-10(6-8)12-4-3-11;/h5-7H,3-4,11H2,1-2H3;1H/p-1. The lowest BCUT2D eigenvalue weighted by Crippen LogP contribution is -3.00. The van der Waals surface area contributed by atoms with Crippen LogP contribution in [0.25, 0.3) is 0 Å². The van der Waals surface area contributed by atoms with Gasteiger partial charge in [-0.2, -0.15) is 0 Å². The highest BCUT2D eigenvalue weighted by atomic mass is 35.5. The van der Waals surface area contributed by atoms with Gasteiger partial charge in [0.25, 0.3) is 0 Å². The molecule has 0 saturated heterocycles. The van der Waals surface area contributed by atoms with Gasteiger partial charge in [0.1, 0.15) is 12.4 Å². The number of ether oxygens (including phenoxy) is 1. The van der Waals surface area contributed by atoms with Crippen LogP contribution in [-0.4, -0.2) is 13.2 Å². The Balaban J connectivity index is 0.00000144. The number of aryl methyl sites for hydroxylation is 2. The molecule has 0 aromatic heterocycles. The third-order valence-electron chi connectivity index (χ3n) is 1.58. The largest absolute Gasteiger partial charge is 1.00 e. The molecule has 0 saturated carbocycles. The fraction of sp³-hybridized carbons (Fsp3) is 0.400. The molecule has 0 aliphatic rings. The van der Waals surface area contributed by atoms with E-state index in [1.54, 1.807) is 0 Å². The molecule has 0 aliphatic carbocycles. The van der Waals surface area contributed by atoms with Crippen molar-refractivity contribution in [2.75, 3.05) is 13.2 Å². The number of benzene rings is 1. The van der Waals surface area contributed by atoms with Crippen LogP contribution in [0.4, 0.5) is 0 Å². The van der Waals surface area contributed by atoms with E-state index in [9.17, 15) is 0 Å². The lowest BCUT2D eigenvalue weighted by molar-refractivity contribution is -0.00000320. The highest BCUT2D eigenvalue weighted by Crippen LogP contribution is 2.15. The number of nitrogens with two attached hydrogens (primary N) is 1. The summed E-state index contributed by atoms with van der Waals surface area (Å²) < 4.78 is 5.39. The molecule has 3 heteroatoms. The van der Waals surface area contributed by atoms with E-state index in [-0.39, 0.29) is 12.4 Å². The highest BCUT2D eigenvalue weighted by molar-refractivity contribution is 5.32. The fourth-order valence-corrected chi connectivity index (χ4v) is 1.19. The minimum atomic E-state index is 0. The van der Waals surface area contributed by atoms with Crippen molar-refractivity contribution in [3.8, 4) is 5.75 Å². The van der Waals surface area contributed by atoms with Crippen LogP contribution >= 0.6 is 0 Å². The van der Waals surface area contributed by atoms with Crippen LogP contribution in [0.5, 0.6) is 5.75 Å². The van der Waals surface area contributed by atoms with Crippen molar-refractivity contribution in [2.24, 2.45) is 5.73 Å². The molecular formula is C10H15ClNO-. The predicted molar refractivity (Wildman–Crippen MR) is 50.5 cm³/mol. The average molecular weight is 201 g/mol. The normalized spacial score (nSPS) is 9.15. The Hall–Kier alpha value is -0.730. The molecule has 0 aliphatic heterocycles. The van der Waals surface area contributed by atoms with Crippen LogP contribution in [-0.2, 0) is 0 Å². The molecule has 0 spiro atoms. The summed E-state index contributed by atoms with van der Waals surface area (Å²) in [5, 5.41) is 0. The first kappa shape index (κ1) is 12.3. The van der Waals surface area contributed by atoms with Gasteiger partial charge in [-0.1, -0.05) is 6.07 Å². The Labute approximate surface area is 85.5 Å². The molecule has 0 radical (unpaired) electrons. The monoisotopic (exact) mass is 200 g/mol. The fourth-order valence-electron chi connectivity index (χ4n) is 1.19. The molecule has 1 aromatic carbocycles. The van der Waals surface area contributed by atoms with E-state index in [2.05, 4.69) is 19.9 Å². The van der Waals surface area contributed by atoms with E-state index in [1.165, 1.54) is 11.1 Å². The molecule has 0 atom stereocenters. The Morgan fingerprint density at radius 1 is 1.15 bits per heavy atom. The van der Waals surface area contributed by atoms with Crippen LogP contribution in [0.2, 0.25) is 0 Å². The van der Waals surface area contributed by atoms with Crippen molar-refractivity contribution < 1.29 is 17.1 Å². The first-order chi connectivity index (χ1) is 5.72. The van der Waals surface area contributed by atoms with Crippen molar-refractivity contribution in [2.45, 2.75) is 13.8 Å². The van der Waals surface area contributed by atoms with E-state index in [1.807, 2.05) is 12.1 Å². The number of hydrogen-bond acceptors (Lipinski definition) is 2. The summed E-state index contributed by atoms with van der Waals surface area (Å²) in [5.74, 6) is 0.915. The maximum absolute atomic E-state index is 5.39. The van der Waals surface area contributed by atoms with Gasteiger partial charge in [-0.3, -0.25) is 0 Å². The maximum atomic E-state index is 5.39. The predicted octanol–water partition coefficient (Wildman–Crippen LogP) is -1.36. The minimum Gasteiger partial charge on any atom is -1.00 e. The zero-order valence-corrected chi connectivity index (χ0v) is 8.77. The quantitative estimate of drug-likeness (QED) is 0.655. The van der Waals surface area contributed by atoms with Crippen LogP contribution in [0.1, 0.15) is 11.1 Å². The number of halogens is 1. The average Bonchev–Trinajstić information content (AvgIpc) is 1.99. The summed E-state index contributed by atoms with van der Waals surface area (Å²) in [5.41, 5.74) is 7.78. The molecule has 0 heterocycles. The summed E-state index contributed by atoms with van der Waals surface area (Å²) in [7, 11) is 0. The van der Waals surface area contributed by atoms with Crippen LogP contribution in [0.15, 0.2) is 18.2 Å². The second-order valence-corrected chi connectivity index (χ2v) is 2.96. The van der Waals surface area contributed by atoms with Crippen LogP contribution in [0, 0.1) is 13.8 Å². The van der Waals surface area contributed by atoms with Crippen molar-refractivity contribution in [3.63, 3.8) is 0 Å². The van der Waals surface area contributed by atoms with Gasteiger partial charge in [-0.05, 0) is 37.1 Å². The molecule has 0 bridgehead atoms. The molecule has 74 valence electrons. The molecule has 13 heavy (non-hydrogen) atoms. The summed E-state index contributed by atoms with van der Waals surface area (Å²) >= 11 is 0. The summed E-state index contributed by atoms with van der Waals surface area (Å²) in [6.45, 7) is 5.26. The smallest absolute Gasteiger partial charge is 0.119 e. The number of hydrogen-bond donors (Lipinski definition) is 1. The Morgan fingerprint density at radius 2 is 1.69 bits per heavy atom. The van der Waals surface area contributed by atoms with Gasteiger partial charge in [0.2, 0.25) is 0 Å². The SMILES string of the molecule is Cc1cc(C)cc(OCCN)c1.[Cl-]. The first-order valence-electron chi connectivity index (χ1n) is 4.13. The van der Waals surface area contributed by atoms with Gasteiger partial charge in [-0.25, -0.2) is 0 Å². The summed E-state index contributed by atoms with van der Waals surface area (Å²) in [4.78, 5) is 0. The molecule has 2 N–H and O–H groups in total. The second-order valence-electron chi connectivity index (χ2n) is 2.96. The van der Waals surface area contributed by atoms with Gasteiger partial charge in [0.05, 0.1) is 0 Å². The topological polar surface area (TPSA) is 35.2 Å². The van der Waals surface area contributed by atoms with E-state index in [4.69, 9.17) is 10.5 Å². The van der Waals surface area contributed by atoms with Gasteiger partial charge < -0.3 is 22.9 Å². The summed E-state index contributed by atoms with van der Waals surface area (Å²) in [6, 6.07) is 6.15. The Morgan fingerprint density at radius 3 is 2.15 bits per heavy atom. The van der Waals surface area contributed by atoms with Gasteiger partial charge in [-0.15, -0.1) is 0 Å². The third-order valence-corrected chi connectivity index (χ3v) is 1.58. The van der Waals surface area contributed by atoms with Gasteiger partial charge >= 0.3 is 0 Å². The third kappa shape index (κ3) is 4.15. The van der Waals surface area contributed by atoms with Crippen molar-refractivity contribution in [1.29, 1.82) is 0 Å². The van der Waals surface area contributed by atoms with Crippen molar-refractivity contribution in [1.82, 2.24) is 0 Å². The zero-order valence-electron chi connectivity index (χ0n) is 8.01. The van der Waals surface area contributed by atoms with E-state index < -0.39 is 0 Å². The lowest BCUT2D eigenvalue weighted by Gasteiger charge is -2.06. The zero-order chi connectivity index (χ0) is 8.97. The highest BCUT2D eigenvalue weighted by Gasteiger charge is 1.94. The summed E-state index contributed by atoms with van der Waals surface area (Å²) in [6.07, 6.45) is 0. The lowest BCUT2D eigenvalue weighted by atomic mass is 10.1. The molecule has 0 amide bonds. The molecule has 2 nitrogen and oxygen atoms in total. The van der Waals surface area contributed by atoms with E-state index >= 15 is 0 Å². The molecule has 1 rings (SSSR count). The van der Waals surface area contributed by atoms with Crippen LogP contribution in [0.3, 0.4) is 0 Å². The first-order valence-corrected chi connectivity index (χ1v) is 4.13. The Kier molecular flexibility index (Phi) is 5.51. The van der Waals surface area contributed by atoms with E-state index in [0.29, 0.717) is 13.2 Å². The van der Waals surface area contributed by atoms with Gasteiger partial charge in [0.15, 0.2) is 0 Å². The second kappa shape index (κ2) is 5.84. The minimum absolute atomic E-state index is 0. The number of rotatable bonds is 3. The van der Waals surface area contributed by atoms with Crippen molar-refractivity contribution >= 4 is 0 Å². The van der Waals surface area contributed by atoms with Crippen molar-refractivity contribution in [3.05, 3.63) is 29.3 Å². The van der Waals surface area contributed by atoms with Crippen LogP contribution < -0.4 is 22.9 Å². The maximum Gasteiger partial charge on any atom is 0.119 e. The molecule has 1 aromatic rings. The molecule has 0 unspecified atom stereocenters. The van der Waals surface area contributed by atoms with E-state index in [0.717, 1.165) is 5.75 Å². The van der Waals surface area contributed by atoms with Gasteiger partial charge in [0, 0.05) is 6.54 Å². The Bertz CT molecular complexity index is 243. The molecule has 0 fully saturated rings. The molecular weight excluding hydrogens is 186 g/mol.